The van der Waals surface area contributed by atoms with E-state index in [0.29, 0.717) is 16.9 Å². The number of benzene rings is 1. The van der Waals surface area contributed by atoms with Crippen LogP contribution in [0.4, 0.5) is 0 Å². The first-order valence-electron chi connectivity index (χ1n) is 7.36. The molecule has 1 aromatic rings. The van der Waals surface area contributed by atoms with Crippen molar-refractivity contribution in [2.45, 2.75) is 46.7 Å². The van der Waals surface area contributed by atoms with Gasteiger partial charge in [-0.25, -0.2) is 0 Å². The summed E-state index contributed by atoms with van der Waals surface area (Å²) in [4.78, 5) is 0. The first kappa shape index (κ1) is 14.5. The average Bonchev–Trinajstić information content (AvgIpc) is 2.76. The fraction of sp³-hybridized carbons (Fsp3) is 0.647. The smallest absolute Gasteiger partial charge is 0.0211 e. The maximum Gasteiger partial charge on any atom is 0.0211 e. The summed E-state index contributed by atoms with van der Waals surface area (Å²) in [6, 6.07) is 9.40. The molecule has 1 saturated carbocycles. The van der Waals surface area contributed by atoms with Crippen LogP contribution in [0.2, 0.25) is 0 Å². The lowest BCUT2D eigenvalue weighted by atomic mass is 10.0. The number of hydrogen-bond acceptors (Lipinski definition) is 2. The molecule has 0 atom stereocenters. The quantitative estimate of drug-likeness (QED) is 0.821. The summed E-state index contributed by atoms with van der Waals surface area (Å²) in [6.07, 6.45) is 1.10. The zero-order valence-corrected chi connectivity index (χ0v) is 13.0. The van der Waals surface area contributed by atoms with Crippen molar-refractivity contribution in [2.24, 2.45) is 10.8 Å². The van der Waals surface area contributed by atoms with Gasteiger partial charge in [0, 0.05) is 12.6 Å². The molecule has 2 heteroatoms. The van der Waals surface area contributed by atoms with Gasteiger partial charge in [0.1, 0.15) is 0 Å². The second-order valence-electron chi connectivity index (χ2n) is 6.88. The van der Waals surface area contributed by atoms with Crippen LogP contribution in [-0.4, -0.2) is 19.6 Å². The molecule has 1 fully saturated rings. The van der Waals surface area contributed by atoms with Crippen molar-refractivity contribution in [3.63, 3.8) is 0 Å². The van der Waals surface area contributed by atoms with Gasteiger partial charge in [-0.1, -0.05) is 52.0 Å². The molecule has 2 rings (SSSR count). The van der Waals surface area contributed by atoms with Crippen LogP contribution in [0.3, 0.4) is 0 Å². The van der Waals surface area contributed by atoms with E-state index in [4.69, 9.17) is 0 Å². The second-order valence-corrected chi connectivity index (χ2v) is 6.88. The van der Waals surface area contributed by atoms with E-state index in [9.17, 15) is 0 Å². The first-order valence-corrected chi connectivity index (χ1v) is 7.36. The minimum Gasteiger partial charge on any atom is -0.319 e. The summed E-state index contributed by atoms with van der Waals surface area (Å²) in [5.41, 5.74) is 3.72. The molecule has 0 aliphatic heterocycles. The van der Waals surface area contributed by atoms with Crippen molar-refractivity contribution in [3.05, 3.63) is 35.4 Å². The van der Waals surface area contributed by atoms with Crippen molar-refractivity contribution in [1.29, 1.82) is 0 Å². The van der Waals surface area contributed by atoms with E-state index in [1.165, 1.54) is 11.1 Å². The minimum absolute atomic E-state index is 0.410. The molecular formula is C17H28N2. The predicted octanol–water partition coefficient (Wildman–Crippen LogP) is 2.97. The molecule has 19 heavy (non-hydrogen) atoms. The molecule has 0 heterocycles. The van der Waals surface area contributed by atoms with Gasteiger partial charge >= 0.3 is 0 Å². The van der Waals surface area contributed by atoms with Crippen molar-refractivity contribution in [1.82, 2.24) is 10.6 Å². The molecule has 2 N–H and O–H groups in total. The van der Waals surface area contributed by atoms with E-state index in [2.05, 4.69) is 62.6 Å². The molecule has 1 aliphatic rings. The van der Waals surface area contributed by atoms with Gasteiger partial charge in [-0.05, 0) is 42.0 Å². The van der Waals surface area contributed by atoms with Crippen LogP contribution >= 0.6 is 0 Å². The summed E-state index contributed by atoms with van der Waals surface area (Å²) in [7, 11) is 2.01. The van der Waals surface area contributed by atoms with Gasteiger partial charge in [0.25, 0.3) is 0 Å². The highest BCUT2D eigenvalue weighted by Crippen LogP contribution is 2.62. The van der Waals surface area contributed by atoms with Gasteiger partial charge in [0.2, 0.25) is 0 Å². The third-order valence-electron chi connectivity index (χ3n) is 5.28. The van der Waals surface area contributed by atoms with E-state index in [-0.39, 0.29) is 0 Å². The molecule has 0 bridgehead atoms. The lowest BCUT2D eigenvalue weighted by molar-refractivity contribution is 0.457. The van der Waals surface area contributed by atoms with Crippen molar-refractivity contribution < 1.29 is 0 Å². The Labute approximate surface area is 118 Å². The van der Waals surface area contributed by atoms with Crippen LogP contribution in [0.5, 0.6) is 0 Å². The Hall–Kier alpha value is -0.860. The van der Waals surface area contributed by atoms with Crippen LogP contribution in [-0.2, 0) is 13.0 Å². The Morgan fingerprint density at radius 3 is 2.11 bits per heavy atom. The molecule has 0 radical (unpaired) electrons. The topological polar surface area (TPSA) is 24.1 Å². The molecule has 106 valence electrons. The van der Waals surface area contributed by atoms with Crippen LogP contribution in [0.15, 0.2) is 24.3 Å². The Kier molecular flexibility index (Phi) is 4.03. The number of rotatable bonds is 6. The zero-order valence-electron chi connectivity index (χ0n) is 13.0. The number of likely N-dealkylation sites (N-methyl/N-ethyl adjacent to an activating group) is 1. The van der Waals surface area contributed by atoms with Gasteiger partial charge < -0.3 is 10.6 Å². The Morgan fingerprint density at radius 1 is 1.00 bits per heavy atom. The Balaban J connectivity index is 1.97. The lowest BCUT2D eigenvalue weighted by Crippen LogP contribution is -2.22. The predicted molar refractivity (Wildman–Crippen MR) is 82.3 cm³/mol. The maximum atomic E-state index is 3.75. The van der Waals surface area contributed by atoms with Gasteiger partial charge in [0.05, 0.1) is 0 Å². The van der Waals surface area contributed by atoms with Gasteiger partial charge in [-0.2, -0.15) is 0 Å². The van der Waals surface area contributed by atoms with E-state index < -0.39 is 0 Å². The normalized spacial score (nSPS) is 20.5. The fourth-order valence-electron chi connectivity index (χ4n) is 3.15. The molecule has 1 aliphatic carbocycles. The fourth-order valence-corrected chi connectivity index (χ4v) is 3.15. The Morgan fingerprint density at radius 2 is 1.58 bits per heavy atom. The monoisotopic (exact) mass is 260 g/mol. The summed E-state index contributed by atoms with van der Waals surface area (Å²) >= 11 is 0. The summed E-state index contributed by atoms with van der Waals surface area (Å²) in [6.45, 7) is 11.5. The highest BCUT2D eigenvalue weighted by Gasteiger charge is 2.64. The number of nitrogens with one attached hydrogen (secondary N) is 2. The van der Waals surface area contributed by atoms with Gasteiger partial charge in [-0.15, -0.1) is 0 Å². The van der Waals surface area contributed by atoms with E-state index >= 15 is 0 Å². The van der Waals surface area contributed by atoms with Crippen molar-refractivity contribution in [3.8, 4) is 0 Å². The highest BCUT2D eigenvalue weighted by molar-refractivity contribution is 5.28. The summed E-state index contributed by atoms with van der Waals surface area (Å²) in [5, 5.41) is 6.98. The minimum atomic E-state index is 0.410. The highest BCUT2D eigenvalue weighted by atomic mass is 15.0. The van der Waals surface area contributed by atoms with Crippen LogP contribution in [0.25, 0.3) is 0 Å². The maximum absolute atomic E-state index is 3.75. The average molecular weight is 260 g/mol. The van der Waals surface area contributed by atoms with Gasteiger partial charge in [0.15, 0.2) is 0 Å². The van der Waals surface area contributed by atoms with Crippen LogP contribution < -0.4 is 10.6 Å². The molecule has 0 saturated heterocycles. The molecule has 2 nitrogen and oxygen atoms in total. The first-order chi connectivity index (χ1) is 8.91. The molecule has 0 aromatic heterocycles. The van der Waals surface area contributed by atoms with Crippen LogP contribution in [0.1, 0.15) is 38.8 Å². The third kappa shape index (κ3) is 2.70. The molecule has 1 aromatic carbocycles. The third-order valence-corrected chi connectivity index (χ3v) is 5.28. The van der Waals surface area contributed by atoms with Crippen molar-refractivity contribution >= 4 is 0 Å². The lowest BCUT2D eigenvalue weighted by Gasteiger charge is -2.11. The summed E-state index contributed by atoms with van der Waals surface area (Å²) < 4.78 is 0. The van der Waals surface area contributed by atoms with E-state index in [0.717, 1.165) is 19.5 Å². The largest absolute Gasteiger partial charge is 0.319 e. The van der Waals surface area contributed by atoms with Crippen LogP contribution in [0, 0.1) is 10.8 Å². The molecule has 0 unspecified atom stereocenters. The second kappa shape index (κ2) is 5.26. The summed E-state index contributed by atoms with van der Waals surface area (Å²) in [5.74, 6) is 0. The molecule has 0 amide bonds. The Bertz CT molecular complexity index is 421. The van der Waals surface area contributed by atoms with Crippen molar-refractivity contribution in [2.75, 3.05) is 13.6 Å². The standard InChI is InChI=1S/C17H28N2/c1-16(2)15(17(16,3)4)19-12-14-9-7-6-8-13(14)10-11-18-5/h6-9,15,18-19H,10-12H2,1-5H3. The molecular weight excluding hydrogens is 232 g/mol. The van der Waals surface area contributed by atoms with Gasteiger partial charge in [-0.3, -0.25) is 0 Å². The molecule has 0 spiro atoms. The number of hydrogen-bond donors (Lipinski definition) is 2. The SMILES string of the molecule is CNCCc1ccccc1CNC1C(C)(C)C1(C)C. The zero-order chi connectivity index (χ0) is 14.1. The van der Waals surface area contributed by atoms with E-state index in [1.54, 1.807) is 0 Å². The van der Waals surface area contributed by atoms with E-state index in [1.807, 2.05) is 7.05 Å².